The van der Waals surface area contributed by atoms with E-state index in [4.69, 9.17) is 0 Å². The van der Waals surface area contributed by atoms with E-state index in [0.29, 0.717) is 0 Å². The van der Waals surface area contributed by atoms with Crippen LogP contribution >= 0.6 is 0 Å². The van der Waals surface area contributed by atoms with Crippen molar-refractivity contribution < 1.29 is 0 Å². The summed E-state index contributed by atoms with van der Waals surface area (Å²) in [4.78, 5) is 0. The average molecular weight is 242 g/mol. The van der Waals surface area contributed by atoms with Gasteiger partial charge in [-0.05, 0) is 49.7 Å². The van der Waals surface area contributed by atoms with Crippen molar-refractivity contribution in [1.29, 1.82) is 0 Å². The molecule has 1 N–H and O–H groups in total. The fourth-order valence-corrected chi connectivity index (χ4v) is 2.11. The average Bonchev–Trinajstić information content (AvgIpc) is 2.83. The second kappa shape index (κ2) is 6.41. The van der Waals surface area contributed by atoms with Crippen molar-refractivity contribution in [3.05, 3.63) is 53.9 Å². The molecule has 0 saturated carbocycles. The second-order valence-electron chi connectivity index (χ2n) is 4.74. The summed E-state index contributed by atoms with van der Waals surface area (Å²) in [7, 11) is 0. The van der Waals surface area contributed by atoms with Gasteiger partial charge in [0.05, 0.1) is 0 Å². The van der Waals surface area contributed by atoms with Crippen molar-refractivity contribution in [1.82, 2.24) is 9.88 Å². The number of aromatic nitrogens is 1. The first-order valence-electron chi connectivity index (χ1n) is 6.75. The molecule has 2 aromatic rings. The molecule has 0 radical (unpaired) electrons. The lowest BCUT2D eigenvalue weighted by molar-refractivity contribution is 0.627. The SMILES string of the molecule is CCCCNCc1cccn1-c1cccc(C)c1. The topological polar surface area (TPSA) is 17.0 Å². The highest BCUT2D eigenvalue weighted by molar-refractivity contribution is 5.37. The largest absolute Gasteiger partial charge is 0.320 e. The van der Waals surface area contributed by atoms with Crippen molar-refractivity contribution in [3.8, 4) is 5.69 Å². The third-order valence-electron chi connectivity index (χ3n) is 3.13. The lowest BCUT2D eigenvalue weighted by Gasteiger charge is -2.10. The molecule has 0 spiro atoms. The number of aryl methyl sites for hydroxylation is 1. The summed E-state index contributed by atoms with van der Waals surface area (Å²) in [5.74, 6) is 0. The number of hydrogen-bond donors (Lipinski definition) is 1. The first kappa shape index (κ1) is 12.9. The summed E-state index contributed by atoms with van der Waals surface area (Å²) >= 11 is 0. The Labute approximate surface area is 110 Å². The molecule has 2 heteroatoms. The van der Waals surface area contributed by atoms with Crippen molar-refractivity contribution in [3.63, 3.8) is 0 Å². The first-order valence-corrected chi connectivity index (χ1v) is 6.75. The molecule has 18 heavy (non-hydrogen) atoms. The molecule has 96 valence electrons. The summed E-state index contributed by atoms with van der Waals surface area (Å²) in [5, 5.41) is 3.49. The van der Waals surface area contributed by atoms with Crippen LogP contribution in [0.1, 0.15) is 31.0 Å². The lowest BCUT2D eigenvalue weighted by Crippen LogP contribution is -2.16. The van der Waals surface area contributed by atoms with Crippen LogP contribution in [0.5, 0.6) is 0 Å². The Morgan fingerprint density at radius 3 is 2.83 bits per heavy atom. The van der Waals surface area contributed by atoms with Crippen LogP contribution in [0, 0.1) is 6.92 Å². The van der Waals surface area contributed by atoms with Crippen LogP contribution in [-0.2, 0) is 6.54 Å². The van der Waals surface area contributed by atoms with Gasteiger partial charge in [-0.15, -0.1) is 0 Å². The lowest BCUT2D eigenvalue weighted by atomic mass is 10.2. The standard InChI is InChI=1S/C16H22N2/c1-3-4-10-17-13-16-9-6-11-18(16)15-8-5-7-14(2)12-15/h5-9,11-12,17H,3-4,10,13H2,1-2H3. The van der Waals surface area contributed by atoms with Crippen molar-refractivity contribution in [2.45, 2.75) is 33.2 Å². The van der Waals surface area contributed by atoms with Gasteiger partial charge in [0.25, 0.3) is 0 Å². The highest BCUT2D eigenvalue weighted by Gasteiger charge is 2.02. The van der Waals surface area contributed by atoms with E-state index in [1.54, 1.807) is 0 Å². The molecule has 1 aromatic carbocycles. The van der Waals surface area contributed by atoms with E-state index in [1.807, 2.05) is 0 Å². The third-order valence-corrected chi connectivity index (χ3v) is 3.13. The van der Waals surface area contributed by atoms with Gasteiger partial charge in [0.1, 0.15) is 0 Å². The molecule has 2 nitrogen and oxygen atoms in total. The molecular weight excluding hydrogens is 220 g/mol. The van der Waals surface area contributed by atoms with Gasteiger partial charge >= 0.3 is 0 Å². The fraction of sp³-hybridized carbons (Fsp3) is 0.375. The Morgan fingerprint density at radius 2 is 2.06 bits per heavy atom. The third kappa shape index (κ3) is 3.23. The van der Waals surface area contributed by atoms with Gasteiger partial charge in [-0.25, -0.2) is 0 Å². The maximum atomic E-state index is 3.49. The molecular formula is C16H22N2. The van der Waals surface area contributed by atoms with E-state index >= 15 is 0 Å². The zero-order chi connectivity index (χ0) is 12.8. The predicted octanol–water partition coefficient (Wildman–Crippen LogP) is 3.68. The van der Waals surface area contributed by atoms with Gasteiger partial charge in [0.15, 0.2) is 0 Å². The summed E-state index contributed by atoms with van der Waals surface area (Å²) in [6.45, 7) is 6.37. The van der Waals surface area contributed by atoms with Gasteiger partial charge in [0.2, 0.25) is 0 Å². The summed E-state index contributed by atoms with van der Waals surface area (Å²) in [6, 6.07) is 12.9. The maximum absolute atomic E-state index is 3.49. The molecule has 0 amide bonds. The van der Waals surface area contributed by atoms with Gasteiger partial charge in [-0.3, -0.25) is 0 Å². The van der Waals surface area contributed by atoms with Crippen LogP contribution in [0.2, 0.25) is 0 Å². The molecule has 1 aromatic heterocycles. The molecule has 0 fully saturated rings. The van der Waals surface area contributed by atoms with Crippen molar-refractivity contribution in [2.24, 2.45) is 0 Å². The van der Waals surface area contributed by atoms with Crippen LogP contribution < -0.4 is 5.32 Å². The molecule has 2 rings (SSSR count). The van der Waals surface area contributed by atoms with Gasteiger partial charge in [-0.2, -0.15) is 0 Å². The van der Waals surface area contributed by atoms with Crippen molar-refractivity contribution >= 4 is 0 Å². The molecule has 0 bridgehead atoms. The van der Waals surface area contributed by atoms with Crippen LogP contribution in [-0.4, -0.2) is 11.1 Å². The molecule has 0 aliphatic heterocycles. The molecule has 0 atom stereocenters. The smallest absolute Gasteiger partial charge is 0.0455 e. The predicted molar refractivity (Wildman–Crippen MR) is 77.1 cm³/mol. The van der Waals surface area contributed by atoms with E-state index in [9.17, 15) is 0 Å². The van der Waals surface area contributed by atoms with Gasteiger partial charge in [-0.1, -0.05) is 25.5 Å². The van der Waals surface area contributed by atoms with Gasteiger partial charge < -0.3 is 9.88 Å². The molecule has 1 heterocycles. The van der Waals surface area contributed by atoms with E-state index in [0.717, 1.165) is 13.1 Å². The number of nitrogens with one attached hydrogen (secondary N) is 1. The molecule has 0 aliphatic carbocycles. The van der Waals surface area contributed by atoms with Crippen molar-refractivity contribution in [2.75, 3.05) is 6.54 Å². The first-order chi connectivity index (χ1) is 8.81. The number of benzene rings is 1. The van der Waals surface area contributed by atoms with Crippen LogP contribution in [0.25, 0.3) is 5.69 Å². The number of nitrogens with zero attached hydrogens (tertiary/aromatic N) is 1. The number of rotatable bonds is 6. The highest BCUT2D eigenvalue weighted by atomic mass is 15.0. The summed E-state index contributed by atoms with van der Waals surface area (Å²) < 4.78 is 2.26. The summed E-state index contributed by atoms with van der Waals surface area (Å²) in [5.41, 5.74) is 3.86. The van der Waals surface area contributed by atoms with Crippen LogP contribution in [0.15, 0.2) is 42.6 Å². The normalized spacial score (nSPS) is 10.8. The minimum Gasteiger partial charge on any atom is -0.320 e. The monoisotopic (exact) mass is 242 g/mol. The summed E-state index contributed by atoms with van der Waals surface area (Å²) in [6.07, 6.45) is 4.61. The fourth-order valence-electron chi connectivity index (χ4n) is 2.11. The Balaban J connectivity index is 2.08. The van der Waals surface area contributed by atoms with Gasteiger partial charge in [0, 0.05) is 24.1 Å². The second-order valence-corrected chi connectivity index (χ2v) is 4.74. The Kier molecular flexibility index (Phi) is 4.59. The van der Waals surface area contributed by atoms with E-state index in [1.165, 1.54) is 29.8 Å². The Hall–Kier alpha value is -1.54. The number of unbranched alkanes of at least 4 members (excludes halogenated alkanes) is 1. The zero-order valence-electron chi connectivity index (χ0n) is 11.3. The van der Waals surface area contributed by atoms with E-state index in [2.05, 4.69) is 66.3 Å². The quantitative estimate of drug-likeness (QED) is 0.765. The number of hydrogen-bond acceptors (Lipinski definition) is 1. The van der Waals surface area contributed by atoms with Crippen LogP contribution in [0.4, 0.5) is 0 Å². The highest BCUT2D eigenvalue weighted by Crippen LogP contribution is 2.14. The molecule has 0 saturated heterocycles. The zero-order valence-corrected chi connectivity index (χ0v) is 11.3. The Morgan fingerprint density at radius 1 is 1.17 bits per heavy atom. The molecule has 0 aliphatic rings. The molecule has 0 unspecified atom stereocenters. The van der Waals surface area contributed by atoms with E-state index in [-0.39, 0.29) is 0 Å². The maximum Gasteiger partial charge on any atom is 0.0455 e. The van der Waals surface area contributed by atoms with Crippen LogP contribution in [0.3, 0.4) is 0 Å². The Bertz CT molecular complexity index is 485. The van der Waals surface area contributed by atoms with E-state index < -0.39 is 0 Å². The minimum atomic E-state index is 0.931. The minimum absolute atomic E-state index is 0.931.